The average Bonchev–Trinajstić information content (AvgIpc) is 3.26. The van der Waals surface area contributed by atoms with Gasteiger partial charge in [-0.2, -0.15) is 10.2 Å². The third-order valence-corrected chi connectivity index (χ3v) is 6.67. The molecule has 0 amide bonds. The molecule has 1 atom stereocenters. The Hall–Kier alpha value is -2.73. The number of hydrogen-bond donors (Lipinski definition) is 1. The molecule has 0 bridgehead atoms. The molecule has 8 nitrogen and oxygen atoms in total. The molecule has 2 aliphatic heterocycles. The van der Waals surface area contributed by atoms with E-state index in [1.165, 1.54) is 6.42 Å². The highest BCUT2D eigenvalue weighted by Gasteiger charge is 2.27. The lowest BCUT2D eigenvalue weighted by atomic mass is 10.0. The third-order valence-electron chi connectivity index (χ3n) is 6.38. The molecule has 2 fully saturated rings. The Morgan fingerprint density at radius 1 is 1.18 bits per heavy atom. The largest absolute Gasteiger partial charge is 0.380 e. The maximum absolute atomic E-state index is 9.10. The number of ether oxygens (including phenoxy) is 1. The number of hydrogen-bond acceptors (Lipinski definition) is 8. The van der Waals surface area contributed by atoms with Gasteiger partial charge in [0, 0.05) is 37.2 Å². The number of pyridine rings is 1. The number of rotatable bonds is 5. The van der Waals surface area contributed by atoms with Gasteiger partial charge in [0.1, 0.15) is 5.82 Å². The van der Waals surface area contributed by atoms with Crippen molar-refractivity contribution in [3.8, 4) is 17.5 Å². The second-order valence-corrected chi connectivity index (χ2v) is 9.24. The molecule has 5 rings (SSSR count). The van der Waals surface area contributed by atoms with Gasteiger partial charge in [0.15, 0.2) is 5.82 Å². The van der Waals surface area contributed by atoms with Crippen LogP contribution in [0.1, 0.15) is 37.1 Å². The highest BCUT2D eigenvalue weighted by molar-refractivity contribution is 6.35. The van der Waals surface area contributed by atoms with Crippen molar-refractivity contribution in [2.24, 2.45) is 0 Å². The third kappa shape index (κ3) is 4.81. The van der Waals surface area contributed by atoms with Crippen LogP contribution >= 0.6 is 11.6 Å². The molecular formula is C24H27ClN6O2. The summed E-state index contributed by atoms with van der Waals surface area (Å²) < 4.78 is 11.1. The molecular weight excluding hydrogens is 440 g/mol. The molecule has 0 unspecified atom stereocenters. The molecule has 4 heterocycles. The van der Waals surface area contributed by atoms with Crippen LogP contribution in [0.5, 0.6) is 0 Å². The summed E-state index contributed by atoms with van der Waals surface area (Å²) in [6, 6.07) is 8.88. The van der Waals surface area contributed by atoms with Crippen molar-refractivity contribution < 1.29 is 9.26 Å². The van der Waals surface area contributed by atoms with Crippen molar-refractivity contribution in [1.29, 1.82) is 5.26 Å². The molecule has 9 heteroatoms. The van der Waals surface area contributed by atoms with Gasteiger partial charge in [0.05, 0.1) is 35.2 Å². The van der Waals surface area contributed by atoms with Crippen LogP contribution in [-0.4, -0.2) is 53.5 Å². The Labute approximate surface area is 197 Å². The van der Waals surface area contributed by atoms with Crippen molar-refractivity contribution >= 4 is 28.3 Å². The quantitative estimate of drug-likeness (QED) is 0.601. The highest BCUT2D eigenvalue weighted by atomic mass is 35.5. The first-order valence-corrected chi connectivity index (χ1v) is 11.9. The van der Waals surface area contributed by atoms with Crippen LogP contribution in [0.15, 0.2) is 22.7 Å². The van der Waals surface area contributed by atoms with Gasteiger partial charge >= 0.3 is 0 Å². The van der Waals surface area contributed by atoms with Crippen molar-refractivity contribution in [2.75, 3.05) is 31.2 Å². The number of halogens is 1. The first-order valence-electron chi connectivity index (χ1n) is 11.5. The summed E-state index contributed by atoms with van der Waals surface area (Å²) in [5, 5.41) is 18.3. The molecule has 172 valence electrons. The van der Waals surface area contributed by atoms with E-state index in [0.717, 1.165) is 67.9 Å². The molecule has 1 N–H and O–H groups in total. The Bertz CT molecular complexity index is 1180. The topological polar surface area (TPSA) is 100 Å². The van der Waals surface area contributed by atoms with Gasteiger partial charge < -0.3 is 19.5 Å². The molecule has 1 aromatic carbocycles. The van der Waals surface area contributed by atoms with Crippen molar-refractivity contribution in [2.45, 2.75) is 51.1 Å². The number of nitrogens with one attached hydrogen (secondary N) is 1. The summed E-state index contributed by atoms with van der Waals surface area (Å²) in [6.45, 7) is 5.22. The Kier molecular flexibility index (Phi) is 6.45. The van der Waals surface area contributed by atoms with E-state index in [4.69, 9.17) is 31.1 Å². The fourth-order valence-electron chi connectivity index (χ4n) is 4.75. The van der Waals surface area contributed by atoms with Crippen LogP contribution in [0.2, 0.25) is 5.02 Å². The fraction of sp³-hybridized carbons (Fsp3) is 0.500. The molecule has 2 aliphatic rings. The van der Waals surface area contributed by atoms with Crippen molar-refractivity contribution in [3.05, 3.63) is 34.6 Å². The van der Waals surface area contributed by atoms with E-state index in [1.54, 1.807) is 6.92 Å². The number of nitrogens with zero attached hydrogens (tertiary/aromatic N) is 5. The predicted octanol–water partition coefficient (Wildman–Crippen LogP) is 4.05. The van der Waals surface area contributed by atoms with E-state index >= 15 is 0 Å². The normalized spacial score (nSPS) is 19.7. The summed E-state index contributed by atoms with van der Waals surface area (Å²) in [7, 11) is 0. The van der Waals surface area contributed by atoms with Crippen molar-refractivity contribution in [3.63, 3.8) is 0 Å². The van der Waals surface area contributed by atoms with Crippen LogP contribution in [0.3, 0.4) is 0 Å². The van der Waals surface area contributed by atoms with Gasteiger partial charge in [-0.05, 0) is 56.4 Å². The fourth-order valence-corrected chi connectivity index (χ4v) is 5.05. The zero-order valence-electron chi connectivity index (χ0n) is 18.7. The lowest BCUT2D eigenvalue weighted by Crippen LogP contribution is -2.48. The van der Waals surface area contributed by atoms with Crippen molar-refractivity contribution in [1.82, 2.24) is 20.4 Å². The molecule has 0 saturated carbocycles. The van der Waals surface area contributed by atoms with Gasteiger partial charge in [-0.15, -0.1) is 0 Å². The zero-order chi connectivity index (χ0) is 22.8. The van der Waals surface area contributed by atoms with E-state index in [0.29, 0.717) is 40.8 Å². The minimum Gasteiger partial charge on any atom is -0.380 e. The molecule has 2 saturated heterocycles. The first kappa shape index (κ1) is 22.1. The number of fused-ring (bicyclic) bond motifs is 1. The van der Waals surface area contributed by atoms with Crippen LogP contribution in [0.4, 0.5) is 5.82 Å². The maximum Gasteiger partial charge on any atom is 0.261 e. The van der Waals surface area contributed by atoms with E-state index in [-0.39, 0.29) is 0 Å². The van der Waals surface area contributed by atoms with Gasteiger partial charge in [0.25, 0.3) is 5.89 Å². The van der Waals surface area contributed by atoms with Gasteiger partial charge in [-0.1, -0.05) is 16.8 Å². The molecule has 0 spiro atoms. The Balaban J connectivity index is 1.44. The van der Waals surface area contributed by atoms with E-state index < -0.39 is 0 Å². The van der Waals surface area contributed by atoms with E-state index in [9.17, 15) is 0 Å². The Morgan fingerprint density at radius 2 is 2.03 bits per heavy atom. The van der Waals surface area contributed by atoms with Crippen LogP contribution in [0.25, 0.3) is 22.4 Å². The van der Waals surface area contributed by atoms with Gasteiger partial charge in [-0.3, -0.25) is 0 Å². The second kappa shape index (κ2) is 9.64. The SMILES string of the molecule is Cc1noc(-c2cc3cc(CC#N)cc(Cl)c3nc2N2CCC(N[C@@H]3CCCOC3)CC2)n1. The number of benzene rings is 1. The monoisotopic (exact) mass is 466 g/mol. The molecule has 33 heavy (non-hydrogen) atoms. The molecule has 2 aromatic heterocycles. The minimum atomic E-state index is 0.291. The minimum absolute atomic E-state index is 0.291. The van der Waals surface area contributed by atoms with Crippen LogP contribution in [0, 0.1) is 18.3 Å². The molecule has 0 aliphatic carbocycles. The summed E-state index contributed by atoms with van der Waals surface area (Å²) in [6.07, 6.45) is 4.64. The lowest BCUT2D eigenvalue weighted by molar-refractivity contribution is 0.0650. The summed E-state index contributed by atoms with van der Waals surface area (Å²) >= 11 is 6.58. The molecule has 3 aromatic rings. The second-order valence-electron chi connectivity index (χ2n) is 8.83. The number of aryl methyl sites for hydroxylation is 1. The number of piperidine rings is 1. The summed E-state index contributed by atoms with van der Waals surface area (Å²) in [5.74, 6) is 1.82. The van der Waals surface area contributed by atoms with Crippen LogP contribution in [-0.2, 0) is 11.2 Å². The van der Waals surface area contributed by atoms with Gasteiger partial charge in [0.2, 0.25) is 0 Å². The predicted molar refractivity (Wildman–Crippen MR) is 126 cm³/mol. The average molecular weight is 467 g/mol. The van der Waals surface area contributed by atoms with E-state index in [2.05, 4.69) is 26.4 Å². The number of anilines is 1. The summed E-state index contributed by atoms with van der Waals surface area (Å²) in [5.41, 5.74) is 2.36. The number of nitriles is 1. The zero-order valence-corrected chi connectivity index (χ0v) is 19.4. The molecule has 0 radical (unpaired) electrons. The smallest absolute Gasteiger partial charge is 0.261 e. The Morgan fingerprint density at radius 3 is 2.73 bits per heavy atom. The highest BCUT2D eigenvalue weighted by Crippen LogP contribution is 2.36. The summed E-state index contributed by atoms with van der Waals surface area (Å²) in [4.78, 5) is 11.7. The first-order chi connectivity index (χ1) is 16.1. The standard InChI is InChI=1S/C24H27ClN6O2/c1-15-27-24(33-30-15)20-13-17-11-16(4-7-26)12-21(25)22(17)29-23(20)31-8-5-18(6-9-31)28-19-3-2-10-32-14-19/h11-13,18-19,28H,2-6,8-10,14H2,1H3/t19-/m1/s1. The van der Waals surface area contributed by atoms with Gasteiger partial charge in [-0.25, -0.2) is 4.98 Å². The number of aromatic nitrogens is 3. The maximum atomic E-state index is 9.10. The van der Waals surface area contributed by atoms with Crippen LogP contribution < -0.4 is 10.2 Å². The lowest BCUT2D eigenvalue weighted by Gasteiger charge is -2.36. The van der Waals surface area contributed by atoms with E-state index in [1.807, 2.05) is 18.2 Å².